The molecule has 290 valence electrons. The second kappa shape index (κ2) is 13.6. The summed E-state index contributed by atoms with van der Waals surface area (Å²) in [5, 5.41) is 9.52. The Balaban J connectivity index is 1.03. The van der Waals surface area contributed by atoms with Gasteiger partial charge >= 0.3 is 0 Å². The van der Waals surface area contributed by atoms with Crippen LogP contribution in [0.15, 0.2) is 229 Å². The average Bonchev–Trinajstić information content (AvgIpc) is 3.99. The first kappa shape index (κ1) is 34.5. The summed E-state index contributed by atoms with van der Waals surface area (Å²) < 4.78 is 11.0. The first-order chi connectivity index (χ1) is 30.7. The van der Waals surface area contributed by atoms with E-state index in [2.05, 4.69) is 226 Å². The molecule has 0 unspecified atom stereocenters. The van der Waals surface area contributed by atoms with Crippen molar-refractivity contribution in [2.75, 3.05) is 4.90 Å². The summed E-state index contributed by atoms with van der Waals surface area (Å²) in [7, 11) is 0. The van der Waals surface area contributed by atoms with Gasteiger partial charge in [-0.05, 0) is 125 Å². The normalized spacial score (nSPS) is 11.9. The van der Waals surface area contributed by atoms with Crippen molar-refractivity contribution in [2.45, 2.75) is 0 Å². The Kier molecular flexibility index (Phi) is 7.57. The highest BCUT2D eigenvalue weighted by Crippen LogP contribution is 2.44. The lowest BCUT2D eigenvalue weighted by molar-refractivity contribution is 0.669. The molecule has 3 aromatic heterocycles. The van der Waals surface area contributed by atoms with E-state index in [1.807, 2.05) is 12.1 Å². The van der Waals surface area contributed by atoms with E-state index in [9.17, 15) is 0 Å². The van der Waals surface area contributed by atoms with E-state index in [4.69, 9.17) is 4.42 Å². The van der Waals surface area contributed by atoms with Gasteiger partial charge in [-0.15, -0.1) is 0 Å². The highest BCUT2D eigenvalue weighted by Gasteiger charge is 2.21. The molecule has 4 heteroatoms. The topological polar surface area (TPSA) is 26.2 Å². The van der Waals surface area contributed by atoms with Crippen LogP contribution in [-0.4, -0.2) is 9.13 Å². The summed E-state index contributed by atoms with van der Waals surface area (Å²) >= 11 is 0. The highest BCUT2D eigenvalue weighted by atomic mass is 16.3. The van der Waals surface area contributed by atoms with E-state index in [-0.39, 0.29) is 0 Å². The maximum absolute atomic E-state index is 6.19. The number of aromatic nitrogens is 2. The summed E-state index contributed by atoms with van der Waals surface area (Å²) in [4.78, 5) is 2.42. The SMILES string of the molecule is c1ccc(-n2c3ccccc3c3cc(N(c4ccc5ccccc5c4)c4ccc5c6cc(-c7ccc8oc9ccccc9c8c7)ccc6n(-c6ccccc6)c5c4)ccc32)cc1. The molecule has 10 aromatic carbocycles. The van der Waals surface area contributed by atoms with Crippen molar-refractivity contribution >= 4 is 93.4 Å². The van der Waals surface area contributed by atoms with Gasteiger partial charge in [0, 0.05) is 60.8 Å². The Hall–Kier alpha value is -8.34. The van der Waals surface area contributed by atoms with Crippen LogP contribution in [0.2, 0.25) is 0 Å². The molecule has 13 aromatic rings. The maximum Gasteiger partial charge on any atom is 0.135 e. The molecule has 62 heavy (non-hydrogen) atoms. The Morgan fingerprint density at radius 1 is 0.290 bits per heavy atom. The van der Waals surface area contributed by atoms with Crippen LogP contribution in [-0.2, 0) is 0 Å². The highest BCUT2D eigenvalue weighted by molar-refractivity contribution is 6.14. The molecule has 0 amide bonds. The number of furan rings is 1. The monoisotopic (exact) mass is 791 g/mol. The van der Waals surface area contributed by atoms with Crippen molar-refractivity contribution in [3.8, 4) is 22.5 Å². The van der Waals surface area contributed by atoms with Crippen LogP contribution in [0, 0.1) is 0 Å². The van der Waals surface area contributed by atoms with Gasteiger partial charge in [0.05, 0.1) is 22.1 Å². The quantitative estimate of drug-likeness (QED) is 0.168. The van der Waals surface area contributed by atoms with E-state index in [1.54, 1.807) is 0 Å². The molecule has 0 spiro atoms. The standard InChI is InChI=1S/C58H37N3O/c1-3-15-42(16-4-1)60-53-21-11-9-19-47(53)51-36-45(28-31-55(51)60)59(44-26-23-38-13-7-8-14-39(38)33-44)46-27-29-48-50-34-40(24-30-54(50)61(56(48)37-46)43-17-5-2-6-18-43)41-25-32-58-52(35-41)49-20-10-12-22-57(49)62-58/h1-37H. The fourth-order valence-electron chi connectivity index (χ4n) is 9.81. The van der Waals surface area contributed by atoms with E-state index in [0.29, 0.717) is 0 Å². The van der Waals surface area contributed by atoms with Crippen LogP contribution in [0.4, 0.5) is 17.1 Å². The third-order valence-electron chi connectivity index (χ3n) is 12.7. The van der Waals surface area contributed by atoms with Gasteiger partial charge < -0.3 is 18.5 Å². The van der Waals surface area contributed by atoms with Crippen molar-refractivity contribution in [1.29, 1.82) is 0 Å². The van der Waals surface area contributed by atoms with E-state index < -0.39 is 0 Å². The van der Waals surface area contributed by atoms with Crippen LogP contribution >= 0.6 is 0 Å². The molecule has 0 bridgehead atoms. The lowest BCUT2D eigenvalue weighted by atomic mass is 10.0. The molecule has 0 aliphatic rings. The minimum absolute atomic E-state index is 0.904. The third kappa shape index (κ3) is 5.33. The number of fused-ring (bicyclic) bond motifs is 10. The van der Waals surface area contributed by atoms with E-state index in [0.717, 1.165) is 67.0 Å². The Morgan fingerprint density at radius 2 is 0.806 bits per heavy atom. The molecule has 0 saturated carbocycles. The van der Waals surface area contributed by atoms with Crippen LogP contribution in [0.25, 0.3) is 98.8 Å². The number of hydrogen-bond donors (Lipinski definition) is 0. The zero-order valence-corrected chi connectivity index (χ0v) is 33.6. The molecule has 0 saturated heterocycles. The third-order valence-corrected chi connectivity index (χ3v) is 12.7. The molecule has 0 atom stereocenters. The summed E-state index contributed by atoms with van der Waals surface area (Å²) in [5.41, 5.74) is 14.4. The maximum atomic E-state index is 6.19. The molecule has 3 heterocycles. The van der Waals surface area contributed by atoms with Crippen LogP contribution in [0.5, 0.6) is 0 Å². The van der Waals surface area contributed by atoms with Gasteiger partial charge in [0.2, 0.25) is 0 Å². The molecule has 0 aliphatic heterocycles. The van der Waals surface area contributed by atoms with Gasteiger partial charge in [0.1, 0.15) is 11.2 Å². The smallest absolute Gasteiger partial charge is 0.135 e. The van der Waals surface area contributed by atoms with Gasteiger partial charge in [-0.2, -0.15) is 0 Å². The fourth-order valence-corrected chi connectivity index (χ4v) is 9.81. The number of rotatable bonds is 6. The van der Waals surface area contributed by atoms with Crippen LogP contribution in [0.1, 0.15) is 0 Å². The van der Waals surface area contributed by atoms with Gasteiger partial charge in [0.25, 0.3) is 0 Å². The lowest BCUT2D eigenvalue weighted by Gasteiger charge is -2.26. The predicted molar refractivity (Wildman–Crippen MR) is 260 cm³/mol. The molecule has 0 fully saturated rings. The lowest BCUT2D eigenvalue weighted by Crippen LogP contribution is -2.10. The number of anilines is 3. The minimum atomic E-state index is 0.904. The minimum Gasteiger partial charge on any atom is -0.456 e. The number of para-hydroxylation sites is 4. The fraction of sp³-hybridized carbons (Fsp3) is 0. The van der Waals surface area contributed by atoms with Gasteiger partial charge in [-0.25, -0.2) is 0 Å². The van der Waals surface area contributed by atoms with Crippen molar-refractivity contribution < 1.29 is 4.42 Å². The molecular formula is C58H37N3O. The van der Waals surface area contributed by atoms with Gasteiger partial charge in [-0.1, -0.05) is 121 Å². The van der Waals surface area contributed by atoms with Crippen molar-refractivity contribution in [1.82, 2.24) is 9.13 Å². The van der Waals surface area contributed by atoms with Crippen molar-refractivity contribution in [3.63, 3.8) is 0 Å². The van der Waals surface area contributed by atoms with Crippen molar-refractivity contribution in [3.05, 3.63) is 224 Å². The summed E-state index contributed by atoms with van der Waals surface area (Å²) in [6, 6.07) is 81.2. The number of nitrogens with zero attached hydrogens (tertiary/aromatic N) is 3. The Bertz CT molecular complexity index is 3870. The van der Waals surface area contributed by atoms with E-state index in [1.165, 1.54) is 48.9 Å². The Morgan fingerprint density at radius 3 is 1.61 bits per heavy atom. The second-order valence-corrected chi connectivity index (χ2v) is 16.2. The largest absolute Gasteiger partial charge is 0.456 e. The number of benzene rings is 10. The first-order valence-electron chi connectivity index (χ1n) is 21.2. The Labute approximate surface area is 357 Å². The first-order valence-corrected chi connectivity index (χ1v) is 21.2. The van der Waals surface area contributed by atoms with E-state index >= 15 is 0 Å². The molecule has 0 N–H and O–H groups in total. The van der Waals surface area contributed by atoms with Crippen molar-refractivity contribution in [2.24, 2.45) is 0 Å². The number of hydrogen-bond acceptors (Lipinski definition) is 2. The molecule has 4 nitrogen and oxygen atoms in total. The summed E-state index contributed by atoms with van der Waals surface area (Å²) in [6.45, 7) is 0. The summed E-state index contributed by atoms with van der Waals surface area (Å²) in [5.74, 6) is 0. The second-order valence-electron chi connectivity index (χ2n) is 16.2. The molecular weight excluding hydrogens is 755 g/mol. The zero-order chi connectivity index (χ0) is 40.7. The molecule has 0 aliphatic carbocycles. The van der Waals surface area contributed by atoms with Crippen LogP contribution in [0.3, 0.4) is 0 Å². The van der Waals surface area contributed by atoms with Crippen LogP contribution < -0.4 is 4.90 Å². The molecule has 13 rings (SSSR count). The predicted octanol–water partition coefficient (Wildman–Crippen LogP) is 16.1. The average molecular weight is 792 g/mol. The summed E-state index contributed by atoms with van der Waals surface area (Å²) in [6.07, 6.45) is 0. The van der Waals surface area contributed by atoms with Gasteiger partial charge in [-0.3, -0.25) is 0 Å². The molecule has 0 radical (unpaired) electrons. The van der Waals surface area contributed by atoms with Gasteiger partial charge in [0.15, 0.2) is 0 Å². The zero-order valence-electron chi connectivity index (χ0n) is 33.6.